The van der Waals surface area contributed by atoms with E-state index in [0.29, 0.717) is 0 Å². The average Bonchev–Trinajstić information content (AvgIpc) is 1.83. The Kier molecular flexibility index (Phi) is 2.35. The quantitative estimate of drug-likeness (QED) is 0.578. The molecule has 2 N–H and O–H groups in total. The summed E-state index contributed by atoms with van der Waals surface area (Å²) in [6, 6.07) is 5.86. The van der Waals surface area contributed by atoms with Crippen molar-refractivity contribution in [2.45, 2.75) is 0 Å². The second kappa shape index (κ2) is 2.88. The molecule has 1 aromatic rings. The predicted molar refractivity (Wildman–Crippen MR) is 51.3 cm³/mol. The molecular formula is C6H5BrIN. The van der Waals surface area contributed by atoms with E-state index in [1.165, 1.54) is 0 Å². The van der Waals surface area contributed by atoms with Gasteiger partial charge in [0.1, 0.15) is 0 Å². The van der Waals surface area contributed by atoms with E-state index in [-0.39, 0.29) is 0 Å². The van der Waals surface area contributed by atoms with Gasteiger partial charge in [-0.05, 0) is 50.7 Å². The van der Waals surface area contributed by atoms with Gasteiger partial charge in [0.25, 0.3) is 0 Å². The monoisotopic (exact) mass is 297 g/mol. The molecule has 0 aliphatic rings. The topological polar surface area (TPSA) is 26.0 Å². The number of anilines is 1. The van der Waals surface area contributed by atoms with Crippen molar-refractivity contribution < 1.29 is 0 Å². The zero-order chi connectivity index (χ0) is 6.85. The molecule has 0 aromatic heterocycles. The van der Waals surface area contributed by atoms with Gasteiger partial charge in [-0.25, -0.2) is 0 Å². The molecule has 0 unspecified atom stereocenters. The van der Waals surface area contributed by atoms with Gasteiger partial charge in [0.15, 0.2) is 0 Å². The molecule has 48 valence electrons. The van der Waals surface area contributed by atoms with Crippen molar-refractivity contribution in [3.63, 3.8) is 0 Å². The zero-order valence-electron chi connectivity index (χ0n) is 4.57. The molecule has 0 amide bonds. The summed E-state index contributed by atoms with van der Waals surface area (Å²) in [6.45, 7) is 0. The molecule has 0 fully saturated rings. The minimum absolute atomic E-state index is 0.818. The minimum atomic E-state index is 0.818. The largest absolute Gasteiger partial charge is 0.397 e. The van der Waals surface area contributed by atoms with Crippen LogP contribution in [-0.4, -0.2) is 0 Å². The van der Waals surface area contributed by atoms with Crippen LogP contribution in [0, 0.1) is 3.57 Å². The van der Waals surface area contributed by atoms with Crippen LogP contribution >= 0.6 is 38.5 Å². The normalized spacial score (nSPS) is 9.56. The van der Waals surface area contributed by atoms with Gasteiger partial charge < -0.3 is 5.73 Å². The lowest BCUT2D eigenvalue weighted by Gasteiger charge is -1.97. The maximum Gasteiger partial charge on any atom is 0.0594 e. The van der Waals surface area contributed by atoms with Crippen molar-refractivity contribution in [1.82, 2.24) is 0 Å². The second-order valence-electron chi connectivity index (χ2n) is 1.64. The summed E-state index contributed by atoms with van der Waals surface area (Å²) in [6.07, 6.45) is 0. The van der Waals surface area contributed by atoms with Gasteiger partial charge in [0, 0.05) is 8.04 Å². The molecule has 0 saturated carbocycles. The number of halogens is 2. The summed E-state index contributed by atoms with van der Waals surface area (Å²) in [4.78, 5) is 0. The minimum Gasteiger partial charge on any atom is -0.397 e. The fourth-order valence-corrected chi connectivity index (χ4v) is 1.75. The number of para-hydroxylation sites is 1. The third kappa shape index (κ3) is 1.58. The molecule has 3 heteroatoms. The maximum absolute atomic E-state index is 5.63. The molecule has 1 rings (SSSR count). The fraction of sp³-hybridized carbons (Fsp3) is 0. The number of benzene rings is 1. The van der Waals surface area contributed by atoms with Crippen LogP contribution < -0.4 is 5.73 Å². The van der Waals surface area contributed by atoms with Crippen molar-refractivity contribution >= 4 is 44.2 Å². The predicted octanol–water partition coefficient (Wildman–Crippen LogP) is 2.64. The summed E-state index contributed by atoms with van der Waals surface area (Å²) < 4.78 is 2.05. The lowest BCUT2D eigenvalue weighted by molar-refractivity contribution is 1.58. The Hall–Kier alpha value is 0.230. The molecule has 0 atom stereocenters. The van der Waals surface area contributed by atoms with E-state index in [4.69, 9.17) is 5.73 Å². The number of nitrogen functional groups attached to an aromatic ring is 1. The Bertz CT molecular complexity index is 204. The third-order valence-corrected chi connectivity index (χ3v) is 2.63. The molecule has 0 bridgehead atoms. The second-order valence-corrected chi connectivity index (χ2v) is 3.65. The van der Waals surface area contributed by atoms with E-state index >= 15 is 0 Å². The highest BCUT2D eigenvalue weighted by molar-refractivity contribution is 14.1. The highest BCUT2D eigenvalue weighted by Crippen LogP contribution is 2.23. The Morgan fingerprint density at radius 2 is 2.11 bits per heavy atom. The van der Waals surface area contributed by atoms with Gasteiger partial charge in [-0.2, -0.15) is 0 Å². The SMILES string of the molecule is Nc1c(Br)cccc1I. The number of hydrogen-bond acceptors (Lipinski definition) is 1. The van der Waals surface area contributed by atoms with Crippen LogP contribution in [0.25, 0.3) is 0 Å². The summed E-state index contributed by atoms with van der Waals surface area (Å²) in [5, 5.41) is 0. The zero-order valence-corrected chi connectivity index (χ0v) is 8.31. The summed E-state index contributed by atoms with van der Waals surface area (Å²) >= 11 is 5.51. The van der Waals surface area contributed by atoms with Crippen LogP contribution in [0.4, 0.5) is 5.69 Å². The smallest absolute Gasteiger partial charge is 0.0594 e. The Morgan fingerprint density at radius 1 is 1.44 bits per heavy atom. The van der Waals surface area contributed by atoms with E-state index in [2.05, 4.69) is 38.5 Å². The van der Waals surface area contributed by atoms with Gasteiger partial charge in [-0.1, -0.05) is 6.07 Å². The molecule has 0 radical (unpaired) electrons. The standard InChI is InChI=1S/C6H5BrIN/c7-4-2-1-3-5(8)6(4)9/h1-3H,9H2. The summed E-state index contributed by atoms with van der Waals surface area (Å²) in [5.41, 5.74) is 6.45. The summed E-state index contributed by atoms with van der Waals surface area (Å²) in [5.74, 6) is 0. The first-order valence-corrected chi connectivity index (χ1v) is 4.28. The van der Waals surface area contributed by atoms with Crippen molar-refractivity contribution in [1.29, 1.82) is 0 Å². The molecule has 1 aromatic carbocycles. The first-order chi connectivity index (χ1) is 4.22. The van der Waals surface area contributed by atoms with E-state index in [1.807, 2.05) is 18.2 Å². The van der Waals surface area contributed by atoms with E-state index in [1.54, 1.807) is 0 Å². The molecule has 0 aliphatic heterocycles. The molecule has 0 aliphatic carbocycles. The van der Waals surface area contributed by atoms with E-state index in [0.717, 1.165) is 13.7 Å². The van der Waals surface area contributed by atoms with Crippen molar-refractivity contribution in [2.75, 3.05) is 5.73 Å². The molecule has 0 heterocycles. The Balaban J connectivity index is 3.25. The number of rotatable bonds is 0. The van der Waals surface area contributed by atoms with Crippen molar-refractivity contribution in [3.05, 3.63) is 26.2 Å². The molecule has 1 nitrogen and oxygen atoms in total. The highest BCUT2D eigenvalue weighted by atomic mass is 127. The lowest BCUT2D eigenvalue weighted by atomic mass is 10.3. The van der Waals surface area contributed by atoms with Gasteiger partial charge in [0.05, 0.1) is 5.69 Å². The first kappa shape index (κ1) is 7.34. The van der Waals surface area contributed by atoms with Gasteiger partial charge in [-0.3, -0.25) is 0 Å². The lowest BCUT2D eigenvalue weighted by Crippen LogP contribution is -1.88. The van der Waals surface area contributed by atoms with Gasteiger partial charge in [0.2, 0.25) is 0 Å². The fourth-order valence-electron chi connectivity index (χ4n) is 0.511. The third-order valence-electron chi connectivity index (χ3n) is 1.000. The molecular weight excluding hydrogens is 293 g/mol. The van der Waals surface area contributed by atoms with Crippen LogP contribution in [-0.2, 0) is 0 Å². The molecule has 0 spiro atoms. The van der Waals surface area contributed by atoms with Crippen LogP contribution in [0.15, 0.2) is 22.7 Å². The van der Waals surface area contributed by atoms with E-state index in [9.17, 15) is 0 Å². The Morgan fingerprint density at radius 3 is 2.56 bits per heavy atom. The van der Waals surface area contributed by atoms with Crippen LogP contribution in [0.2, 0.25) is 0 Å². The van der Waals surface area contributed by atoms with Crippen LogP contribution in [0.3, 0.4) is 0 Å². The molecule has 9 heavy (non-hydrogen) atoms. The molecule has 0 saturated heterocycles. The van der Waals surface area contributed by atoms with Crippen LogP contribution in [0.5, 0.6) is 0 Å². The summed E-state index contributed by atoms with van der Waals surface area (Å²) in [7, 11) is 0. The maximum atomic E-state index is 5.63. The van der Waals surface area contributed by atoms with Gasteiger partial charge >= 0.3 is 0 Å². The van der Waals surface area contributed by atoms with E-state index < -0.39 is 0 Å². The first-order valence-electron chi connectivity index (χ1n) is 2.41. The van der Waals surface area contributed by atoms with Crippen molar-refractivity contribution in [3.8, 4) is 0 Å². The highest BCUT2D eigenvalue weighted by Gasteiger charge is 1.96. The number of hydrogen-bond donors (Lipinski definition) is 1. The number of nitrogens with two attached hydrogens (primary N) is 1. The average molecular weight is 298 g/mol. The van der Waals surface area contributed by atoms with Gasteiger partial charge in [-0.15, -0.1) is 0 Å². The van der Waals surface area contributed by atoms with Crippen LogP contribution in [0.1, 0.15) is 0 Å². The van der Waals surface area contributed by atoms with Crippen molar-refractivity contribution in [2.24, 2.45) is 0 Å². The Labute approximate surface area is 75.9 Å².